The maximum absolute atomic E-state index is 13.9. The van der Waals surface area contributed by atoms with Crippen LogP contribution in [-0.2, 0) is 6.42 Å². The predicted molar refractivity (Wildman–Crippen MR) is 94.4 cm³/mol. The molecule has 0 saturated heterocycles. The van der Waals surface area contributed by atoms with Crippen molar-refractivity contribution in [3.8, 4) is 11.1 Å². The number of hydrogen-bond donors (Lipinski definition) is 3. The van der Waals surface area contributed by atoms with Crippen molar-refractivity contribution >= 4 is 27.8 Å². The van der Waals surface area contributed by atoms with Crippen LogP contribution in [-0.4, -0.2) is 31.6 Å². The lowest BCUT2D eigenvalue weighted by Gasteiger charge is -2.06. The summed E-state index contributed by atoms with van der Waals surface area (Å²) >= 11 is 0. The molecule has 0 aliphatic heterocycles. The number of nitrogens with two attached hydrogens (primary N) is 1. The van der Waals surface area contributed by atoms with Crippen molar-refractivity contribution < 1.29 is 9.50 Å². The molecule has 0 spiro atoms. The standard InChI is InChI=1S/C18H16FN5O/c19-17-11(3-1-7-21-17)10-5-6-12-13(9-10)22-18(20)16-15(12)23-14(24-16)4-2-8-25/h1,3,5-7,9,25H,2,4,8H2,(H2,20,22)(H,23,24). The second kappa shape index (κ2) is 6.10. The second-order valence-corrected chi connectivity index (χ2v) is 5.81. The van der Waals surface area contributed by atoms with E-state index in [1.54, 1.807) is 18.2 Å². The summed E-state index contributed by atoms with van der Waals surface area (Å²) in [5, 5.41) is 9.84. The molecule has 0 atom stereocenters. The third-order valence-electron chi connectivity index (χ3n) is 4.15. The minimum atomic E-state index is -0.524. The first kappa shape index (κ1) is 15.5. The summed E-state index contributed by atoms with van der Waals surface area (Å²) in [7, 11) is 0. The zero-order valence-electron chi connectivity index (χ0n) is 13.3. The fourth-order valence-corrected chi connectivity index (χ4v) is 2.95. The van der Waals surface area contributed by atoms with E-state index in [-0.39, 0.29) is 6.61 Å². The SMILES string of the molecule is Nc1nc2cc(-c3cccnc3F)ccc2c2[nH]c(CCCO)nc12. The van der Waals surface area contributed by atoms with Crippen LogP contribution in [0, 0.1) is 5.95 Å². The van der Waals surface area contributed by atoms with Crippen molar-refractivity contribution in [3.63, 3.8) is 0 Å². The number of halogens is 1. The van der Waals surface area contributed by atoms with Gasteiger partial charge in [-0.15, -0.1) is 0 Å². The fourth-order valence-electron chi connectivity index (χ4n) is 2.95. The van der Waals surface area contributed by atoms with Gasteiger partial charge in [0.05, 0.1) is 11.0 Å². The monoisotopic (exact) mass is 337 g/mol. The molecule has 6 nitrogen and oxygen atoms in total. The number of hydrogen-bond acceptors (Lipinski definition) is 5. The van der Waals surface area contributed by atoms with Crippen LogP contribution < -0.4 is 5.73 Å². The zero-order chi connectivity index (χ0) is 17.4. The van der Waals surface area contributed by atoms with Crippen molar-refractivity contribution in [1.29, 1.82) is 0 Å². The summed E-state index contributed by atoms with van der Waals surface area (Å²) < 4.78 is 13.9. The number of aliphatic hydroxyl groups excluding tert-OH is 1. The first-order valence-electron chi connectivity index (χ1n) is 7.97. The van der Waals surface area contributed by atoms with E-state index in [2.05, 4.69) is 19.9 Å². The van der Waals surface area contributed by atoms with Crippen LogP contribution in [0.5, 0.6) is 0 Å². The molecule has 126 valence electrons. The Kier molecular flexibility index (Phi) is 3.77. The van der Waals surface area contributed by atoms with E-state index in [0.29, 0.717) is 40.8 Å². The van der Waals surface area contributed by atoms with Gasteiger partial charge in [0.2, 0.25) is 5.95 Å². The Morgan fingerprint density at radius 2 is 2.08 bits per heavy atom. The smallest absolute Gasteiger partial charge is 0.220 e. The van der Waals surface area contributed by atoms with Gasteiger partial charge in [0.25, 0.3) is 0 Å². The third-order valence-corrected chi connectivity index (χ3v) is 4.15. The Bertz CT molecular complexity index is 1080. The molecule has 4 rings (SSSR count). The van der Waals surface area contributed by atoms with Gasteiger partial charge in [0.1, 0.15) is 11.3 Å². The number of nitrogens with zero attached hydrogens (tertiary/aromatic N) is 3. The number of imidazole rings is 1. The van der Waals surface area contributed by atoms with Crippen LogP contribution in [0.25, 0.3) is 33.1 Å². The molecule has 0 aliphatic rings. The van der Waals surface area contributed by atoms with Gasteiger partial charge < -0.3 is 15.8 Å². The highest BCUT2D eigenvalue weighted by Crippen LogP contribution is 2.30. The molecule has 0 unspecified atom stereocenters. The van der Waals surface area contributed by atoms with Crippen molar-refractivity contribution in [3.05, 3.63) is 48.3 Å². The number of nitrogen functional groups attached to an aromatic ring is 1. The summed E-state index contributed by atoms with van der Waals surface area (Å²) in [5.74, 6) is 0.550. The lowest BCUT2D eigenvalue weighted by molar-refractivity contribution is 0.287. The van der Waals surface area contributed by atoms with Gasteiger partial charge >= 0.3 is 0 Å². The summed E-state index contributed by atoms with van der Waals surface area (Å²) in [6.45, 7) is 0.103. The number of aromatic nitrogens is 4. The number of aryl methyl sites for hydroxylation is 1. The Morgan fingerprint density at radius 3 is 2.88 bits per heavy atom. The minimum Gasteiger partial charge on any atom is -0.396 e. The average Bonchev–Trinajstić information content (AvgIpc) is 3.05. The number of nitrogens with one attached hydrogen (secondary N) is 1. The molecule has 1 aromatic carbocycles. The largest absolute Gasteiger partial charge is 0.396 e. The maximum atomic E-state index is 13.9. The Morgan fingerprint density at radius 1 is 1.20 bits per heavy atom. The van der Waals surface area contributed by atoms with Crippen LogP contribution >= 0.6 is 0 Å². The van der Waals surface area contributed by atoms with E-state index in [9.17, 15) is 4.39 Å². The average molecular weight is 337 g/mol. The van der Waals surface area contributed by atoms with E-state index in [1.807, 2.05) is 12.1 Å². The summed E-state index contributed by atoms with van der Waals surface area (Å²) in [5.41, 5.74) is 9.22. The number of benzene rings is 1. The Labute approximate surface area is 142 Å². The van der Waals surface area contributed by atoms with E-state index >= 15 is 0 Å². The molecule has 0 radical (unpaired) electrons. The summed E-state index contributed by atoms with van der Waals surface area (Å²) in [4.78, 5) is 15.8. The first-order chi connectivity index (χ1) is 12.2. The van der Waals surface area contributed by atoms with Crippen LogP contribution in [0.15, 0.2) is 36.5 Å². The van der Waals surface area contributed by atoms with E-state index in [1.165, 1.54) is 6.20 Å². The van der Waals surface area contributed by atoms with Crippen molar-refractivity contribution in [2.45, 2.75) is 12.8 Å². The number of anilines is 1. The summed E-state index contributed by atoms with van der Waals surface area (Å²) in [6, 6.07) is 8.86. The van der Waals surface area contributed by atoms with Crippen LogP contribution in [0.2, 0.25) is 0 Å². The third kappa shape index (κ3) is 2.68. The second-order valence-electron chi connectivity index (χ2n) is 5.81. The lowest BCUT2D eigenvalue weighted by atomic mass is 10.0. The molecular formula is C18H16FN5O. The minimum absolute atomic E-state index is 0.103. The molecular weight excluding hydrogens is 321 g/mol. The normalized spacial score (nSPS) is 11.4. The molecule has 0 aliphatic carbocycles. The quantitative estimate of drug-likeness (QED) is 0.497. The number of aliphatic hydroxyl groups is 1. The number of fused-ring (bicyclic) bond motifs is 3. The highest BCUT2D eigenvalue weighted by Gasteiger charge is 2.13. The first-order valence-corrected chi connectivity index (χ1v) is 7.97. The zero-order valence-corrected chi connectivity index (χ0v) is 13.3. The molecule has 4 aromatic rings. The Hall–Kier alpha value is -3.06. The summed E-state index contributed by atoms with van der Waals surface area (Å²) in [6.07, 6.45) is 2.67. The molecule has 0 fully saturated rings. The van der Waals surface area contributed by atoms with E-state index in [0.717, 1.165) is 16.7 Å². The fraction of sp³-hybridized carbons (Fsp3) is 0.167. The number of aromatic amines is 1. The van der Waals surface area contributed by atoms with Gasteiger partial charge in [-0.25, -0.2) is 15.0 Å². The number of H-pyrrole nitrogens is 1. The van der Waals surface area contributed by atoms with Gasteiger partial charge in [-0.05, 0) is 30.2 Å². The van der Waals surface area contributed by atoms with E-state index in [4.69, 9.17) is 10.8 Å². The van der Waals surface area contributed by atoms with Crippen LogP contribution in [0.4, 0.5) is 10.2 Å². The lowest BCUT2D eigenvalue weighted by Crippen LogP contribution is -1.94. The van der Waals surface area contributed by atoms with Gasteiger partial charge in [0.15, 0.2) is 5.82 Å². The molecule has 3 heterocycles. The van der Waals surface area contributed by atoms with Gasteiger partial charge in [-0.1, -0.05) is 12.1 Å². The van der Waals surface area contributed by atoms with E-state index < -0.39 is 5.95 Å². The molecule has 4 N–H and O–H groups in total. The van der Waals surface area contributed by atoms with Crippen molar-refractivity contribution in [1.82, 2.24) is 19.9 Å². The molecule has 0 amide bonds. The molecule has 0 bridgehead atoms. The Balaban J connectivity index is 1.89. The molecule has 25 heavy (non-hydrogen) atoms. The van der Waals surface area contributed by atoms with Crippen molar-refractivity contribution in [2.75, 3.05) is 12.3 Å². The van der Waals surface area contributed by atoms with Gasteiger partial charge in [0, 0.05) is 30.2 Å². The highest BCUT2D eigenvalue weighted by atomic mass is 19.1. The van der Waals surface area contributed by atoms with Crippen molar-refractivity contribution in [2.24, 2.45) is 0 Å². The van der Waals surface area contributed by atoms with Gasteiger partial charge in [-0.2, -0.15) is 4.39 Å². The molecule has 0 saturated carbocycles. The maximum Gasteiger partial charge on any atom is 0.220 e. The van der Waals surface area contributed by atoms with Crippen LogP contribution in [0.1, 0.15) is 12.2 Å². The predicted octanol–water partition coefficient (Wildman–Crippen LogP) is 2.82. The molecule has 7 heteroatoms. The number of rotatable bonds is 4. The van der Waals surface area contributed by atoms with Crippen LogP contribution in [0.3, 0.4) is 0 Å². The number of pyridine rings is 2. The van der Waals surface area contributed by atoms with Gasteiger partial charge in [-0.3, -0.25) is 0 Å². The highest BCUT2D eigenvalue weighted by molar-refractivity contribution is 6.07. The topological polar surface area (TPSA) is 101 Å². The molecule has 3 aromatic heterocycles.